The van der Waals surface area contributed by atoms with Gasteiger partial charge in [-0.3, -0.25) is 4.98 Å². The van der Waals surface area contributed by atoms with Crippen LogP contribution in [-0.4, -0.2) is 9.55 Å². The van der Waals surface area contributed by atoms with Crippen LogP contribution in [-0.2, 0) is 6.54 Å². The van der Waals surface area contributed by atoms with Crippen molar-refractivity contribution in [1.29, 1.82) is 0 Å². The van der Waals surface area contributed by atoms with Gasteiger partial charge in [0.05, 0.1) is 23.8 Å². The Morgan fingerprint density at radius 2 is 2.23 bits per heavy atom. The van der Waals surface area contributed by atoms with E-state index in [2.05, 4.69) is 28.8 Å². The maximum atomic E-state index is 5.56. The Labute approximate surface area is 133 Å². The lowest BCUT2D eigenvalue weighted by Crippen LogP contribution is -2.17. The first-order valence-electron chi connectivity index (χ1n) is 7.41. The van der Waals surface area contributed by atoms with E-state index in [0.717, 1.165) is 34.9 Å². The third-order valence-corrected chi connectivity index (χ3v) is 4.24. The minimum absolute atomic E-state index is 0.642. The molecule has 0 atom stereocenters. The molecule has 0 aliphatic rings. The summed E-state index contributed by atoms with van der Waals surface area (Å²) in [6.07, 6.45) is 6.34. The highest BCUT2D eigenvalue weighted by Gasteiger charge is 2.11. The summed E-state index contributed by atoms with van der Waals surface area (Å²) in [5, 5.41) is 2.11. The highest BCUT2D eigenvalue weighted by atomic mass is 32.1. The SMILES string of the molecule is CC(C)CCn1c(-c2ccco2)csc1=Nc1cccnc1. The molecule has 0 aromatic carbocycles. The number of hydrogen-bond donors (Lipinski definition) is 0. The monoisotopic (exact) mass is 313 g/mol. The van der Waals surface area contributed by atoms with Crippen molar-refractivity contribution in [2.45, 2.75) is 26.8 Å². The number of rotatable bonds is 5. The average molecular weight is 313 g/mol. The quantitative estimate of drug-likeness (QED) is 0.697. The maximum Gasteiger partial charge on any atom is 0.190 e. The van der Waals surface area contributed by atoms with E-state index in [4.69, 9.17) is 9.41 Å². The second-order valence-corrected chi connectivity index (χ2v) is 6.37. The standard InChI is InChI=1S/C17H19N3OS/c1-13(2)7-9-20-15(16-6-4-10-21-16)12-22-17(20)19-14-5-3-8-18-11-14/h3-6,8,10-13H,7,9H2,1-2H3. The molecule has 5 heteroatoms. The molecule has 0 spiro atoms. The zero-order valence-electron chi connectivity index (χ0n) is 12.8. The lowest BCUT2D eigenvalue weighted by Gasteiger charge is -2.09. The van der Waals surface area contributed by atoms with E-state index in [0.29, 0.717) is 5.92 Å². The van der Waals surface area contributed by atoms with Crippen LogP contribution in [0.3, 0.4) is 0 Å². The van der Waals surface area contributed by atoms with Crippen molar-refractivity contribution in [1.82, 2.24) is 9.55 Å². The summed E-state index contributed by atoms with van der Waals surface area (Å²) in [6.45, 7) is 5.39. The molecule has 114 valence electrons. The normalized spacial score (nSPS) is 12.2. The van der Waals surface area contributed by atoms with Crippen molar-refractivity contribution < 1.29 is 4.42 Å². The van der Waals surface area contributed by atoms with E-state index >= 15 is 0 Å². The van der Waals surface area contributed by atoms with Crippen LogP contribution >= 0.6 is 11.3 Å². The summed E-state index contributed by atoms with van der Waals surface area (Å²) in [7, 11) is 0. The molecule has 0 fully saturated rings. The summed E-state index contributed by atoms with van der Waals surface area (Å²) in [4.78, 5) is 9.82. The number of furan rings is 1. The molecular weight excluding hydrogens is 294 g/mol. The lowest BCUT2D eigenvalue weighted by atomic mass is 10.1. The van der Waals surface area contributed by atoms with Gasteiger partial charge in [-0.05, 0) is 36.6 Å². The van der Waals surface area contributed by atoms with Gasteiger partial charge >= 0.3 is 0 Å². The summed E-state index contributed by atoms with van der Waals surface area (Å²) in [5.74, 6) is 1.52. The van der Waals surface area contributed by atoms with Crippen LogP contribution in [0.5, 0.6) is 0 Å². The molecule has 0 radical (unpaired) electrons. The summed E-state index contributed by atoms with van der Waals surface area (Å²) < 4.78 is 7.80. The number of aromatic nitrogens is 2. The van der Waals surface area contributed by atoms with Crippen molar-refractivity contribution in [3.63, 3.8) is 0 Å². The van der Waals surface area contributed by atoms with Crippen molar-refractivity contribution in [2.24, 2.45) is 10.9 Å². The molecule has 0 bridgehead atoms. The topological polar surface area (TPSA) is 43.3 Å². The van der Waals surface area contributed by atoms with E-state index in [1.54, 1.807) is 30.0 Å². The van der Waals surface area contributed by atoms with Crippen LogP contribution in [0.25, 0.3) is 11.5 Å². The van der Waals surface area contributed by atoms with Crippen LogP contribution in [0.1, 0.15) is 20.3 Å². The van der Waals surface area contributed by atoms with Gasteiger partial charge in [-0.1, -0.05) is 13.8 Å². The first kappa shape index (κ1) is 14.8. The maximum absolute atomic E-state index is 5.56. The van der Waals surface area contributed by atoms with Crippen molar-refractivity contribution >= 4 is 17.0 Å². The van der Waals surface area contributed by atoms with Gasteiger partial charge in [0.1, 0.15) is 0 Å². The minimum atomic E-state index is 0.642. The van der Waals surface area contributed by atoms with E-state index in [1.807, 2.05) is 24.3 Å². The van der Waals surface area contributed by atoms with Gasteiger partial charge in [0.25, 0.3) is 0 Å². The van der Waals surface area contributed by atoms with Crippen LogP contribution < -0.4 is 4.80 Å². The highest BCUT2D eigenvalue weighted by molar-refractivity contribution is 7.07. The van der Waals surface area contributed by atoms with Crippen LogP contribution in [0.4, 0.5) is 5.69 Å². The molecule has 3 aromatic rings. The van der Waals surface area contributed by atoms with E-state index < -0.39 is 0 Å². The fraction of sp³-hybridized carbons (Fsp3) is 0.294. The van der Waals surface area contributed by atoms with E-state index in [1.165, 1.54) is 0 Å². The average Bonchev–Trinajstić information content (AvgIpc) is 3.15. The summed E-state index contributed by atoms with van der Waals surface area (Å²) >= 11 is 1.63. The largest absolute Gasteiger partial charge is 0.463 e. The molecule has 4 nitrogen and oxygen atoms in total. The van der Waals surface area contributed by atoms with Gasteiger partial charge in [-0.15, -0.1) is 11.3 Å². The van der Waals surface area contributed by atoms with Crippen molar-refractivity contribution in [3.8, 4) is 11.5 Å². The number of pyridine rings is 1. The number of thiazole rings is 1. The predicted octanol–water partition coefficient (Wildman–Crippen LogP) is 4.48. The Morgan fingerprint density at radius 1 is 1.32 bits per heavy atom. The Kier molecular flexibility index (Phi) is 4.53. The van der Waals surface area contributed by atoms with Gasteiger partial charge in [-0.2, -0.15) is 0 Å². The predicted molar refractivity (Wildman–Crippen MR) is 88.9 cm³/mol. The Balaban J connectivity index is 2.04. The molecule has 3 heterocycles. The molecule has 0 N–H and O–H groups in total. The Hall–Kier alpha value is -2.14. The van der Waals surface area contributed by atoms with Gasteiger partial charge in [0.2, 0.25) is 0 Å². The molecule has 0 saturated carbocycles. The zero-order valence-corrected chi connectivity index (χ0v) is 13.6. The third-order valence-electron chi connectivity index (χ3n) is 3.37. The highest BCUT2D eigenvalue weighted by Crippen LogP contribution is 2.22. The molecule has 0 aliphatic heterocycles. The second kappa shape index (κ2) is 6.75. The molecule has 0 aliphatic carbocycles. The number of nitrogens with zero attached hydrogens (tertiary/aromatic N) is 3. The van der Waals surface area contributed by atoms with Crippen LogP contribution in [0.15, 0.2) is 57.7 Å². The van der Waals surface area contributed by atoms with Gasteiger partial charge in [0.15, 0.2) is 10.6 Å². The first-order valence-corrected chi connectivity index (χ1v) is 8.29. The molecule has 0 unspecified atom stereocenters. The van der Waals surface area contributed by atoms with E-state index in [-0.39, 0.29) is 0 Å². The summed E-state index contributed by atoms with van der Waals surface area (Å²) in [5.41, 5.74) is 1.95. The lowest BCUT2D eigenvalue weighted by molar-refractivity contribution is 0.505. The van der Waals surface area contributed by atoms with Gasteiger partial charge in [-0.25, -0.2) is 4.99 Å². The second-order valence-electron chi connectivity index (χ2n) is 5.54. The smallest absolute Gasteiger partial charge is 0.190 e. The minimum Gasteiger partial charge on any atom is -0.463 e. The molecule has 0 amide bonds. The molecule has 0 saturated heterocycles. The molecular formula is C17H19N3OS. The molecule has 3 aromatic heterocycles. The van der Waals surface area contributed by atoms with Crippen molar-refractivity contribution in [2.75, 3.05) is 0 Å². The Bertz CT molecular complexity index is 770. The van der Waals surface area contributed by atoms with Gasteiger partial charge < -0.3 is 8.98 Å². The van der Waals surface area contributed by atoms with Gasteiger partial charge in [0, 0.05) is 18.1 Å². The zero-order chi connectivity index (χ0) is 15.4. The van der Waals surface area contributed by atoms with Crippen LogP contribution in [0.2, 0.25) is 0 Å². The molecule has 3 rings (SSSR count). The van der Waals surface area contributed by atoms with Crippen molar-refractivity contribution in [3.05, 3.63) is 53.1 Å². The first-order chi connectivity index (χ1) is 10.7. The third kappa shape index (κ3) is 3.36. The molecule has 22 heavy (non-hydrogen) atoms. The fourth-order valence-electron chi connectivity index (χ4n) is 2.17. The van der Waals surface area contributed by atoms with E-state index in [9.17, 15) is 0 Å². The number of hydrogen-bond acceptors (Lipinski definition) is 4. The van der Waals surface area contributed by atoms with Crippen LogP contribution in [0, 0.1) is 5.92 Å². The fourth-order valence-corrected chi connectivity index (χ4v) is 3.11. The summed E-state index contributed by atoms with van der Waals surface area (Å²) in [6, 6.07) is 7.77. The Morgan fingerprint density at radius 3 is 2.91 bits per heavy atom.